The highest BCUT2D eigenvalue weighted by molar-refractivity contribution is 5.92. The monoisotopic (exact) mass is 391 g/mol. The van der Waals surface area contributed by atoms with E-state index in [1.807, 2.05) is 11.9 Å². The summed E-state index contributed by atoms with van der Waals surface area (Å²) in [5.74, 6) is 1.20. The van der Waals surface area contributed by atoms with Crippen LogP contribution >= 0.6 is 12.4 Å². The van der Waals surface area contributed by atoms with E-state index in [0.29, 0.717) is 30.3 Å². The van der Waals surface area contributed by atoms with Crippen molar-refractivity contribution in [1.29, 1.82) is 0 Å². The van der Waals surface area contributed by atoms with E-state index in [0.717, 1.165) is 13.0 Å². The number of nitrogens with one attached hydrogen (secondary N) is 2. The molecule has 0 atom stereocenters. The summed E-state index contributed by atoms with van der Waals surface area (Å²) in [6.45, 7) is 1.99. The minimum absolute atomic E-state index is 0. The van der Waals surface area contributed by atoms with Gasteiger partial charge >= 0.3 is 0 Å². The van der Waals surface area contributed by atoms with E-state index in [2.05, 4.69) is 28.8 Å². The number of para-hydroxylation sites is 1. The van der Waals surface area contributed by atoms with Crippen molar-refractivity contribution in [1.82, 2.24) is 4.90 Å². The predicted octanol–water partition coefficient (Wildman–Crippen LogP) is 3.16. The molecule has 6 nitrogen and oxygen atoms in total. The van der Waals surface area contributed by atoms with Gasteiger partial charge in [0, 0.05) is 42.7 Å². The number of hydrogen-bond donors (Lipinski definition) is 2. The molecule has 0 saturated carbocycles. The minimum Gasteiger partial charge on any atom is -0.497 e. The summed E-state index contributed by atoms with van der Waals surface area (Å²) in [6, 6.07) is 11.7. The number of hydrogen-bond acceptors (Lipinski definition) is 5. The molecule has 1 aliphatic heterocycles. The number of carbonyl (C=O) groups is 1. The van der Waals surface area contributed by atoms with Crippen LogP contribution in [0, 0.1) is 0 Å². The molecule has 0 fully saturated rings. The van der Waals surface area contributed by atoms with Gasteiger partial charge in [0.25, 0.3) is 0 Å². The molecule has 27 heavy (non-hydrogen) atoms. The minimum atomic E-state index is -0.0802. The summed E-state index contributed by atoms with van der Waals surface area (Å²) in [7, 11) is 5.11. The molecule has 0 spiro atoms. The highest BCUT2D eigenvalue weighted by atomic mass is 35.5. The SMILES string of the molecule is COc1cc(NC(=O)CN(C)Cc2cccc3c2NCC3)cc(OC)c1.Cl. The van der Waals surface area contributed by atoms with Gasteiger partial charge in [-0.15, -0.1) is 12.4 Å². The lowest BCUT2D eigenvalue weighted by Crippen LogP contribution is -2.30. The second-order valence-corrected chi connectivity index (χ2v) is 6.45. The number of likely N-dealkylation sites (N-methyl/N-ethyl adjacent to an activating group) is 1. The summed E-state index contributed by atoms with van der Waals surface area (Å²) in [5, 5.41) is 6.34. The summed E-state index contributed by atoms with van der Waals surface area (Å²) < 4.78 is 10.5. The van der Waals surface area contributed by atoms with Crippen molar-refractivity contribution < 1.29 is 14.3 Å². The number of carbonyl (C=O) groups excluding carboxylic acids is 1. The van der Waals surface area contributed by atoms with E-state index < -0.39 is 0 Å². The lowest BCUT2D eigenvalue weighted by Gasteiger charge is -2.18. The van der Waals surface area contributed by atoms with E-state index >= 15 is 0 Å². The van der Waals surface area contributed by atoms with Crippen LogP contribution < -0.4 is 20.1 Å². The van der Waals surface area contributed by atoms with Gasteiger partial charge in [-0.05, 0) is 24.6 Å². The van der Waals surface area contributed by atoms with Crippen LogP contribution in [-0.2, 0) is 17.8 Å². The average Bonchev–Trinajstić information content (AvgIpc) is 3.10. The maximum absolute atomic E-state index is 12.4. The van der Waals surface area contributed by atoms with Gasteiger partial charge in [0.2, 0.25) is 5.91 Å². The van der Waals surface area contributed by atoms with Crippen molar-refractivity contribution in [3.63, 3.8) is 0 Å². The van der Waals surface area contributed by atoms with Crippen LogP contribution in [0.5, 0.6) is 11.5 Å². The van der Waals surface area contributed by atoms with E-state index in [1.165, 1.54) is 16.8 Å². The molecule has 1 aliphatic rings. The molecule has 2 N–H and O–H groups in total. The highest BCUT2D eigenvalue weighted by Gasteiger charge is 2.16. The van der Waals surface area contributed by atoms with Crippen LogP contribution in [0.1, 0.15) is 11.1 Å². The van der Waals surface area contributed by atoms with Crippen LogP contribution in [0.3, 0.4) is 0 Å². The third kappa shape index (κ3) is 5.28. The normalized spacial score (nSPS) is 12.0. The summed E-state index contributed by atoms with van der Waals surface area (Å²) in [5.41, 5.74) is 4.45. The standard InChI is InChI=1S/C20H25N3O3.ClH/c1-23(12-15-6-4-5-14-7-8-21-20(14)15)13-19(24)22-16-9-17(25-2)11-18(10-16)26-3;/h4-6,9-11,21H,7-8,12-13H2,1-3H3,(H,22,24);1H. The van der Waals surface area contributed by atoms with Crippen molar-refractivity contribution in [2.45, 2.75) is 13.0 Å². The topological polar surface area (TPSA) is 62.8 Å². The molecule has 2 aromatic rings. The Morgan fingerprint density at radius 2 is 1.89 bits per heavy atom. The van der Waals surface area contributed by atoms with Gasteiger partial charge in [0.05, 0.1) is 20.8 Å². The lowest BCUT2D eigenvalue weighted by atomic mass is 10.1. The molecule has 1 amide bonds. The molecule has 0 unspecified atom stereocenters. The van der Waals surface area contributed by atoms with E-state index in [-0.39, 0.29) is 18.3 Å². The first kappa shape index (κ1) is 20.9. The number of ether oxygens (including phenoxy) is 2. The first-order chi connectivity index (χ1) is 12.6. The Balaban J connectivity index is 0.00000261. The van der Waals surface area contributed by atoms with Gasteiger partial charge in [-0.3, -0.25) is 9.69 Å². The zero-order chi connectivity index (χ0) is 18.5. The largest absolute Gasteiger partial charge is 0.497 e. The first-order valence-electron chi connectivity index (χ1n) is 8.65. The quantitative estimate of drug-likeness (QED) is 0.759. The van der Waals surface area contributed by atoms with E-state index in [4.69, 9.17) is 9.47 Å². The van der Waals surface area contributed by atoms with Crippen LogP contribution in [0.15, 0.2) is 36.4 Å². The van der Waals surface area contributed by atoms with Gasteiger partial charge < -0.3 is 20.1 Å². The smallest absolute Gasteiger partial charge is 0.238 e. The van der Waals surface area contributed by atoms with Gasteiger partial charge in [-0.2, -0.15) is 0 Å². The van der Waals surface area contributed by atoms with Gasteiger partial charge in [0.15, 0.2) is 0 Å². The van der Waals surface area contributed by atoms with Gasteiger partial charge in [0.1, 0.15) is 11.5 Å². The zero-order valence-corrected chi connectivity index (χ0v) is 16.7. The second kappa shape index (κ2) is 9.48. The number of anilines is 2. The fourth-order valence-corrected chi connectivity index (χ4v) is 3.21. The van der Waals surface area contributed by atoms with E-state index in [1.54, 1.807) is 32.4 Å². The Bertz CT molecular complexity index is 776. The molecule has 0 bridgehead atoms. The maximum Gasteiger partial charge on any atom is 0.238 e. The number of rotatable bonds is 7. The lowest BCUT2D eigenvalue weighted by molar-refractivity contribution is -0.117. The Morgan fingerprint density at radius 3 is 2.56 bits per heavy atom. The maximum atomic E-state index is 12.4. The fourth-order valence-electron chi connectivity index (χ4n) is 3.21. The van der Waals surface area contributed by atoms with Crippen LogP contribution in [0.25, 0.3) is 0 Å². The third-order valence-corrected chi connectivity index (χ3v) is 4.42. The summed E-state index contributed by atoms with van der Waals surface area (Å²) >= 11 is 0. The Kier molecular flexibility index (Phi) is 7.33. The molecule has 1 heterocycles. The molecule has 0 saturated heterocycles. The number of benzene rings is 2. The average molecular weight is 392 g/mol. The zero-order valence-electron chi connectivity index (χ0n) is 15.9. The molecular formula is C20H26ClN3O3. The van der Waals surface area contributed by atoms with Crippen molar-refractivity contribution >= 4 is 29.7 Å². The Labute approximate surface area is 166 Å². The van der Waals surface area contributed by atoms with E-state index in [9.17, 15) is 4.79 Å². The van der Waals surface area contributed by atoms with Crippen LogP contribution in [0.2, 0.25) is 0 Å². The van der Waals surface area contributed by atoms with Crippen molar-refractivity contribution in [2.24, 2.45) is 0 Å². The predicted molar refractivity (Wildman–Crippen MR) is 110 cm³/mol. The Morgan fingerprint density at radius 1 is 1.19 bits per heavy atom. The van der Waals surface area contributed by atoms with Crippen molar-refractivity contribution in [3.8, 4) is 11.5 Å². The molecule has 0 radical (unpaired) electrons. The molecule has 2 aromatic carbocycles. The van der Waals surface area contributed by atoms with Gasteiger partial charge in [-0.1, -0.05) is 18.2 Å². The molecular weight excluding hydrogens is 366 g/mol. The number of nitrogens with zero attached hydrogens (tertiary/aromatic N) is 1. The van der Waals surface area contributed by atoms with Gasteiger partial charge in [-0.25, -0.2) is 0 Å². The number of fused-ring (bicyclic) bond motifs is 1. The first-order valence-corrected chi connectivity index (χ1v) is 8.65. The number of amides is 1. The Hall–Kier alpha value is -2.44. The number of methoxy groups -OCH3 is 2. The highest BCUT2D eigenvalue weighted by Crippen LogP contribution is 2.27. The molecule has 146 valence electrons. The molecule has 0 aliphatic carbocycles. The molecule has 7 heteroatoms. The molecule has 0 aromatic heterocycles. The molecule has 3 rings (SSSR count). The number of halogens is 1. The summed E-state index contributed by atoms with van der Waals surface area (Å²) in [4.78, 5) is 14.4. The van der Waals surface area contributed by atoms with Crippen LogP contribution in [-0.4, -0.2) is 45.2 Å². The summed E-state index contributed by atoms with van der Waals surface area (Å²) in [6.07, 6.45) is 1.06. The van der Waals surface area contributed by atoms with Crippen molar-refractivity contribution in [2.75, 3.05) is 45.0 Å². The fraction of sp³-hybridized carbons (Fsp3) is 0.350. The second-order valence-electron chi connectivity index (χ2n) is 6.45. The van der Waals surface area contributed by atoms with Crippen molar-refractivity contribution in [3.05, 3.63) is 47.5 Å². The van der Waals surface area contributed by atoms with Crippen LogP contribution in [0.4, 0.5) is 11.4 Å². The third-order valence-electron chi connectivity index (χ3n) is 4.42.